The average Bonchev–Trinajstić information content (AvgIpc) is 2.99. The maximum absolute atomic E-state index is 11.0. The summed E-state index contributed by atoms with van der Waals surface area (Å²) in [5.41, 5.74) is 5.61. The molecule has 1 spiro atoms. The zero-order valence-corrected chi connectivity index (χ0v) is 12.3. The molecule has 6 nitrogen and oxygen atoms in total. The van der Waals surface area contributed by atoms with Gasteiger partial charge in [0.25, 0.3) is 5.91 Å². The lowest BCUT2D eigenvalue weighted by molar-refractivity contribution is -0.114. The molecule has 2 aliphatic carbocycles. The van der Waals surface area contributed by atoms with Crippen LogP contribution in [0.25, 0.3) is 0 Å². The van der Waals surface area contributed by atoms with Gasteiger partial charge < -0.3 is 15.8 Å². The number of carbonyl (C=O) groups excluding carboxylic acids is 1. The number of amides is 1. The van der Waals surface area contributed by atoms with E-state index in [-0.39, 0.29) is 11.1 Å². The van der Waals surface area contributed by atoms with Gasteiger partial charge in [-0.05, 0) is 38.3 Å². The highest BCUT2D eigenvalue weighted by atomic mass is 16.5. The molecule has 0 unspecified atom stereocenters. The quantitative estimate of drug-likeness (QED) is 0.861. The molecular formula is C15H22N4O2. The van der Waals surface area contributed by atoms with Crippen molar-refractivity contribution in [1.82, 2.24) is 10.2 Å². The number of nitrogens with one attached hydrogen (secondary N) is 1. The molecule has 114 valence electrons. The zero-order chi connectivity index (χ0) is 14.9. The Bertz CT molecular complexity index is 511. The molecule has 21 heavy (non-hydrogen) atoms. The van der Waals surface area contributed by atoms with Crippen molar-refractivity contribution in [3.63, 3.8) is 0 Å². The zero-order valence-electron chi connectivity index (χ0n) is 12.3. The van der Waals surface area contributed by atoms with Gasteiger partial charge in [-0.3, -0.25) is 4.79 Å². The molecule has 0 aromatic carbocycles. The van der Waals surface area contributed by atoms with Gasteiger partial charge in [0.1, 0.15) is 5.82 Å². The molecule has 0 bridgehead atoms. The van der Waals surface area contributed by atoms with Crippen molar-refractivity contribution in [2.45, 2.75) is 51.2 Å². The molecule has 2 aliphatic rings. The van der Waals surface area contributed by atoms with Crippen LogP contribution in [0.3, 0.4) is 0 Å². The van der Waals surface area contributed by atoms with Crippen molar-refractivity contribution in [2.24, 2.45) is 11.1 Å². The van der Waals surface area contributed by atoms with Gasteiger partial charge >= 0.3 is 0 Å². The molecular weight excluding hydrogens is 268 g/mol. The molecule has 0 radical (unpaired) electrons. The highest BCUT2D eigenvalue weighted by Gasteiger charge is 2.56. The molecule has 3 N–H and O–H groups in total. The number of primary amides is 1. The minimum atomic E-state index is -0.554. The number of hydrogen-bond acceptors (Lipinski definition) is 5. The Balaban J connectivity index is 1.69. The molecule has 3 rings (SSSR count). The fraction of sp³-hybridized carbons (Fsp3) is 0.667. The third-order valence-electron chi connectivity index (χ3n) is 4.93. The van der Waals surface area contributed by atoms with E-state index in [9.17, 15) is 4.79 Å². The minimum Gasteiger partial charge on any atom is -0.378 e. The van der Waals surface area contributed by atoms with Crippen LogP contribution in [0.1, 0.15) is 49.5 Å². The van der Waals surface area contributed by atoms with Crippen LogP contribution in [0.4, 0.5) is 5.82 Å². The summed E-state index contributed by atoms with van der Waals surface area (Å²) >= 11 is 0. The first-order chi connectivity index (χ1) is 10.2. The fourth-order valence-electron chi connectivity index (χ4n) is 3.81. The van der Waals surface area contributed by atoms with Gasteiger partial charge in [-0.2, -0.15) is 0 Å². The summed E-state index contributed by atoms with van der Waals surface area (Å²) in [4.78, 5) is 11.0. The second kappa shape index (κ2) is 5.60. The molecule has 1 amide bonds. The molecule has 0 saturated heterocycles. The first-order valence-corrected chi connectivity index (χ1v) is 7.67. The van der Waals surface area contributed by atoms with Crippen molar-refractivity contribution in [3.8, 4) is 0 Å². The van der Waals surface area contributed by atoms with E-state index in [1.165, 1.54) is 25.7 Å². The van der Waals surface area contributed by atoms with Gasteiger partial charge in [-0.15, -0.1) is 10.2 Å². The first kappa shape index (κ1) is 14.3. The standard InChI is InChI=1S/C15H22N4O2/c1-2-21-12-9-11(15(12)7-3-4-8-15)17-13-6-5-10(14(16)20)18-19-13/h5-6,11-12H,2-4,7-9H2,1H3,(H2,16,20)(H,17,19)/t11-,12+/m0/s1. The van der Waals surface area contributed by atoms with E-state index in [0.29, 0.717) is 18.0 Å². The molecule has 1 aromatic rings. The van der Waals surface area contributed by atoms with Gasteiger partial charge in [0.05, 0.1) is 6.10 Å². The van der Waals surface area contributed by atoms with Crippen LogP contribution in [0.15, 0.2) is 12.1 Å². The summed E-state index contributed by atoms with van der Waals surface area (Å²) in [6.07, 6.45) is 6.33. The van der Waals surface area contributed by atoms with Crippen LogP contribution in [0.5, 0.6) is 0 Å². The van der Waals surface area contributed by atoms with E-state index >= 15 is 0 Å². The molecule has 2 saturated carbocycles. The van der Waals surface area contributed by atoms with Gasteiger partial charge in [-0.25, -0.2) is 0 Å². The van der Waals surface area contributed by atoms with E-state index in [1.54, 1.807) is 12.1 Å². The Morgan fingerprint density at radius 1 is 1.43 bits per heavy atom. The highest BCUT2D eigenvalue weighted by molar-refractivity contribution is 5.90. The van der Waals surface area contributed by atoms with Crippen molar-refractivity contribution in [2.75, 3.05) is 11.9 Å². The summed E-state index contributed by atoms with van der Waals surface area (Å²) < 4.78 is 5.90. The largest absolute Gasteiger partial charge is 0.378 e. The van der Waals surface area contributed by atoms with Crippen LogP contribution in [-0.4, -0.2) is 34.9 Å². The predicted molar refractivity (Wildman–Crippen MR) is 78.9 cm³/mol. The number of aromatic nitrogens is 2. The summed E-state index contributed by atoms with van der Waals surface area (Å²) in [5, 5.41) is 11.3. The summed E-state index contributed by atoms with van der Waals surface area (Å²) in [7, 11) is 0. The van der Waals surface area contributed by atoms with Crippen LogP contribution in [0.2, 0.25) is 0 Å². The van der Waals surface area contributed by atoms with Gasteiger partial charge in [-0.1, -0.05) is 12.8 Å². The highest BCUT2D eigenvalue weighted by Crippen LogP contribution is 2.55. The average molecular weight is 290 g/mol. The number of rotatable bonds is 5. The molecule has 0 aliphatic heterocycles. The number of hydrogen-bond donors (Lipinski definition) is 2. The number of nitrogens with zero attached hydrogens (tertiary/aromatic N) is 2. The minimum absolute atomic E-state index is 0.192. The second-order valence-electron chi connectivity index (χ2n) is 5.98. The number of nitrogens with two attached hydrogens (primary N) is 1. The van der Waals surface area contributed by atoms with Gasteiger partial charge in [0.15, 0.2) is 5.69 Å². The Hall–Kier alpha value is -1.69. The Morgan fingerprint density at radius 2 is 2.19 bits per heavy atom. The number of carbonyl (C=O) groups is 1. The number of ether oxygens (including phenoxy) is 1. The predicted octanol–water partition coefficient (Wildman–Crippen LogP) is 1.73. The van der Waals surface area contributed by atoms with Crippen LogP contribution in [-0.2, 0) is 4.74 Å². The molecule has 6 heteroatoms. The topological polar surface area (TPSA) is 90.1 Å². The van der Waals surface area contributed by atoms with E-state index in [4.69, 9.17) is 10.5 Å². The maximum atomic E-state index is 11.0. The normalized spacial score (nSPS) is 26.5. The van der Waals surface area contributed by atoms with Crippen LogP contribution in [0, 0.1) is 5.41 Å². The number of anilines is 1. The summed E-state index contributed by atoms with van der Waals surface area (Å²) in [6.45, 7) is 2.82. The van der Waals surface area contributed by atoms with Crippen molar-refractivity contribution in [3.05, 3.63) is 17.8 Å². The van der Waals surface area contributed by atoms with Crippen molar-refractivity contribution < 1.29 is 9.53 Å². The Labute approximate surface area is 124 Å². The fourth-order valence-corrected chi connectivity index (χ4v) is 3.81. The SMILES string of the molecule is CCO[C@@H]1C[C@H](Nc2ccc(C(N)=O)nn2)C12CCCC2. The molecule has 1 aromatic heterocycles. The Morgan fingerprint density at radius 3 is 2.76 bits per heavy atom. The third-order valence-corrected chi connectivity index (χ3v) is 4.93. The van der Waals surface area contributed by atoms with Gasteiger partial charge in [0.2, 0.25) is 0 Å². The maximum Gasteiger partial charge on any atom is 0.269 e. The van der Waals surface area contributed by atoms with E-state index in [1.807, 2.05) is 0 Å². The summed E-state index contributed by atoms with van der Waals surface area (Å²) in [5.74, 6) is 0.146. The smallest absolute Gasteiger partial charge is 0.269 e. The van der Waals surface area contributed by atoms with Crippen LogP contribution >= 0.6 is 0 Å². The monoisotopic (exact) mass is 290 g/mol. The summed E-state index contributed by atoms with van der Waals surface area (Å²) in [6, 6.07) is 3.76. The molecule has 2 fully saturated rings. The third kappa shape index (κ3) is 2.48. The van der Waals surface area contributed by atoms with E-state index < -0.39 is 5.91 Å². The lowest BCUT2D eigenvalue weighted by Gasteiger charge is -2.54. The van der Waals surface area contributed by atoms with E-state index in [2.05, 4.69) is 22.4 Å². The van der Waals surface area contributed by atoms with Gasteiger partial charge in [0, 0.05) is 18.1 Å². The molecule has 2 atom stereocenters. The van der Waals surface area contributed by atoms with Crippen molar-refractivity contribution >= 4 is 11.7 Å². The van der Waals surface area contributed by atoms with Crippen LogP contribution < -0.4 is 11.1 Å². The first-order valence-electron chi connectivity index (χ1n) is 7.67. The van der Waals surface area contributed by atoms with Crippen molar-refractivity contribution in [1.29, 1.82) is 0 Å². The lowest BCUT2D eigenvalue weighted by atomic mass is 9.60. The molecule has 1 heterocycles. The van der Waals surface area contributed by atoms with E-state index in [0.717, 1.165) is 13.0 Å². The second-order valence-corrected chi connectivity index (χ2v) is 5.98. The lowest BCUT2D eigenvalue weighted by Crippen LogP contribution is -2.60. The Kier molecular flexibility index (Phi) is 3.80.